The van der Waals surface area contributed by atoms with Crippen molar-refractivity contribution in [2.45, 2.75) is 33.0 Å². The maximum absolute atomic E-state index is 12.6. The molecule has 2 N–H and O–H groups in total. The molecule has 1 aliphatic rings. The third-order valence-corrected chi connectivity index (χ3v) is 5.29. The standard InChI is InChI=1S/C22H24N6O2/c1-4-12-28-14(2)18(13-24-28)22(30)25-16-9-7-15(8-10-16)19-26-21(29)17-6-5-11-23-20(17)27(19)3/h5-11,13,19H,4,12H2,1-3H3,(H,25,30)(H,26,29)/t19-/m0/s1. The van der Waals surface area contributed by atoms with Gasteiger partial charge in [0.25, 0.3) is 11.8 Å². The summed E-state index contributed by atoms with van der Waals surface area (Å²) in [5, 5.41) is 10.2. The molecule has 0 unspecified atom stereocenters. The number of aromatic nitrogens is 3. The first-order valence-corrected chi connectivity index (χ1v) is 9.92. The molecule has 2 amide bonds. The molecule has 0 radical (unpaired) electrons. The van der Waals surface area contributed by atoms with Crippen LogP contribution in [0.25, 0.3) is 0 Å². The summed E-state index contributed by atoms with van der Waals surface area (Å²) in [6.07, 6.45) is 3.90. The molecule has 30 heavy (non-hydrogen) atoms. The summed E-state index contributed by atoms with van der Waals surface area (Å²) in [5.41, 5.74) is 3.54. The van der Waals surface area contributed by atoms with E-state index in [0.717, 1.165) is 24.2 Å². The van der Waals surface area contributed by atoms with Gasteiger partial charge in [0.1, 0.15) is 12.0 Å². The molecule has 4 rings (SSSR count). The Bertz CT molecular complexity index is 1090. The maximum Gasteiger partial charge on any atom is 0.259 e. The van der Waals surface area contributed by atoms with Gasteiger partial charge in [-0.15, -0.1) is 0 Å². The number of anilines is 2. The van der Waals surface area contributed by atoms with Gasteiger partial charge in [-0.2, -0.15) is 5.10 Å². The molecule has 3 heterocycles. The van der Waals surface area contributed by atoms with E-state index in [1.807, 2.05) is 47.8 Å². The van der Waals surface area contributed by atoms with Gasteiger partial charge in [0.15, 0.2) is 0 Å². The van der Waals surface area contributed by atoms with Crippen molar-refractivity contribution in [2.75, 3.05) is 17.3 Å². The number of rotatable bonds is 5. The van der Waals surface area contributed by atoms with Crippen LogP contribution in [0.1, 0.15) is 51.5 Å². The molecule has 0 bridgehead atoms. The first-order valence-electron chi connectivity index (χ1n) is 9.92. The number of fused-ring (bicyclic) bond motifs is 1. The molecule has 1 aromatic carbocycles. The van der Waals surface area contributed by atoms with Crippen LogP contribution in [-0.4, -0.2) is 33.6 Å². The minimum absolute atomic E-state index is 0.154. The van der Waals surface area contributed by atoms with Crippen LogP contribution < -0.4 is 15.5 Å². The summed E-state index contributed by atoms with van der Waals surface area (Å²) in [7, 11) is 1.89. The van der Waals surface area contributed by atoms with E-state index in [1.165, 1.54) is 0 Å². The van der Waals surface area contributed by atoms with Gasteiger partial charge in [-0.1, -0.05) is 19.1 Å². The van der Waals surface area contributed by atoms with Crippen LogP contribution in [0.15, 0.2) is 48.8 Å². The number of amides is 2. The first kappa shape index (κ1) is 19.6. The lowest BCUT2D eigenvalue weighted by atomic mass is 10.1. The Labute approximate surface area is 174 Å². The molecule has 0 aliphatic carbocycles. The zero-order valence-corrected chi connectivity index (χ0v) is 17.2. The average Bonchev–Trinajstić information content (AvgIpc) is 3.12. The van der Waals surface area contributed by atoms with Crippen LogP contribution in [0, 0.1) is 6.92 Å². The van der Waals surface area contributed by atoms with Crippen molar-refractivity contribution in [3.05, 3.63) is 71.2 Å². The molecule has 2 aromatic heterocycles. The van der Waals surface area contributed by atoms with Crippen LogP contribution in [0.4, 0.5) is 11.5 Å². The Kier molecular flexibility index (Phi) is 5.22. The van der Waals surface area contributed by atoms with Gasteiger partial charge >= 0.3 is 0 Å². The fourth-order valence-electron chi connectivity index (χ4n) is 3.64. The maximum atomic E-state index is 12.6. The third-order valence-electron chi connectivity index (χ3n) is 5.29. The fourth-order valence-corrected chi connectivity index (χ4v) is 3.64. The molecule has 0 spiro atoms. The smallest absolute Gasteiger partial charge is 0.259 e. The van der Waals surface area contributed by atoms with E-state index in [0.29, 0.717) is 22.6 Å². The van der Waals surface area contributed by atoms with Crippen molar-refractivity contribution in [1.29, 1.82) is 0 Å². The number of pyridine rings is 1. The average molecular weight is 404 g/mol. The highest BCUT2D eigenvalue weighted by Gasteiger charge is 2.30. The molecule has 1 aliphatic heterocycles. The van der Waals surface area contributed by atoms with E-state index in [9.17, 15) is 9.59 Å². The Morgan fingerprint density at radius 3 is 2.73 bits per heavy atom. The van der Waals surface area contributed by atoms with Gasteiger partial charge < -0.3 is 15.5 Å². The van der Waals surface area contributed by atoms with Gasteiger partial charge in [-0.05, 0) is 43.2 Å². The molecule has 0 fully saturated rings. The number of nitrogens with zero attached hydrogens (tertiary/aromatic N) is 4. The Balaban J connectivity index is 1.50. The highest BCUT2D eigenvalue weighted by Crippen LogP contribution is 2.30. The van der Waals surface area contributed by atoms with E-state index in [-0.39, 0.29) is 18.0 Å². The minimum Gasteiger partial charge on any atom is -0.335 e. The Morgan fingerprint density at radius 2 is 2.00 bits per heavy atom. The van der Waals surface area contributed by atoms with E-state index in [4.69, 9.17) is 0 Å². The van der Waals surface area contributed by atoms with Crippen LogP contribution in [0.5, 0.6) is 0 Å². The predicted molar refractivity (Wildman–Crippen MR) is 114 cm³/mol. The normalized spacial score (nSPS) is 15.5. The van der Waals surface area contributed by atoms with Gasteiger partial charge in [0.05, 0.1) is 17.3 Å². The SMILES string of the molecule is CCCn1ncc(C(=O)Nc2ccc([C@H]3NC(=O)c4cccnc4N3C)cc2)c1C. The van der Waals surface area contributed by atoms with Crippen molar-refractivity contribution in [1.82, 2.24) is 20.1 Å². The highest BCUT2D eigenvalue weighted by molar-refractivity contribution is 6.05. The van der Waals surface area contributed by atoms with Crippen LogP contribution in [-0.2, 0) is 6.54 Å². The second-order valence-corrected chi connectivity index (χ2v) is 7.30. The fraction of sp³-hybridized carbons (Fsp3) is 0.273. The van der Waals surface area contributed by atoms with Crippen molar-refractivity contribution < 1.29 is 9.59 Å². The molecular weight excluding hydrogens is 380 g/mol. The van der Waals surface area contributed by atoms with E-state index < -0.39 is 0 Å². The summed E-state index contributed by atoms with van der Waals surface area (Å²) in [4.78, 5) is 31.3. The summed E-state index contributed by atoms with van der Waals surface area (Å²) in [6, 6.07) is 10.9. The largest absolute Gasteiger partial charge is 0.335 e. The molecule has 8 nitrogen and oxygen atoms in total. The number of carbonyl (C=O) groups is 2. The van der Waals surface area contributed by atoms with Crippen LogP contribution in [0.2, 0.25) is 0 Å². The Hall–Kier alpha value is -3.68. The quantitative estimate of drug-likeness (QED) is 0.682. The van der Waals surface area contributed by atoms with Crippen molar-refractivity contribution >= 4 is 23.3 Å². The molecule has 8 heteroatoms. The monoisotopic (exact) mass is 404 g/mol. The molecule has 0 saturated carbocycles. The summed E-state index contributed by atoms with van der Waals surface area (Å²) in [5.74, 6) is 0.296. The molecule has 1 atom stereocenters. The first-order chi connectivity index (χ1) is 14.5. The van der Waals surface area contributed by atoms with Gasteiger partial charge in [-0.3, -0.25) is 14.3 Å². The number of hydrogen-bond donors (Lipinski definition) is 2. The number of hydrogen-bond acceptors (Lipinski definition) is 5. The lowest BCUT2D eigenvalue weighted by Gasteiger charge is -2.35. The topological polar surface area (TPSA) is 92.2 Å². The predicted octanol–water partition coefficient (Wildman–Crippen LogP) is 3.13. The van der Waals surface area contributed by atoms with Gasteiger partial charge in [-0.25, -0.2) is 4.98 Å². The van der Waals surface area contributed by atoms with Crippen molar-refractivity contribution in [2.24, 2.45) is 0 Å². The van der Waals surface area contributed by atoms with Gasteiger partial charge in [0.2, 0.25) is 0 Å². The molecule has 3 aromatic rings. The van der Waals surface area contributed by atoms with Crippen LogP contribution >= 0.6 is 0 Å². The highest BCUT2D eigenvalue weighted by atomic mass is 16.2. The number of carbonyl (C=O) groups excluding carboxylic acids is 2. The summed E-state index contributed by atoms with van der Waals surface area (Å²) in [6.45, 7) is 4.75. The summed E-state index contributed by atoms with van der Waals surface area (Å²) >= 11 is 0. The zero-order chi connectivity index (χ0) is 21.3. The number of benzene rings is 1. The van der Waals surface area contributed by atoms with E-state index >= 15 is 0 Å². The third kappa shape index (κ3) is 3.52. The minimum atomic E-state index is -0.334. The molecule has 0 saturated heterocycles. The summed E-state index contributed by atoms with van der Waals surface area (Å²) < 4.78 is 1.84. The zero-order valence-electron chi connectivity index (χ0n) is 17.2. The second kappa shape index (κ2) is 7.98. The van der Waals surface area contributed by atoms with Crippen molar-refractivity contribution in [3.8, 4) is 0 Å². The lowest BCUT2D eigenvalue weighted by Crippen LogP contribution is -2.45. The lowest BCUT2D eigenvalue weighted by molar-refractivity contribution is 0.0926. The number of nitrogens with one attached hydrogen (secondary N) is 2. The van der Waals surface area contributed by atoms with Crippen molar-refractivity contribution in [3.63, 3.8) is 0 Å². The van der Waals surface area contributed by atoms with Gasteiger partial charge in [0, 0.05) is 31.2 Å². The molecule has 154 valence electrons. The van der Waals surface area contributed by atoms with E-state index in [1.54, 1.807) is 24.5 Å². The van der Waals surface area contributed by atoms with Crippen LogP contribution in [0.3, 0.4) is 0 Å². The van der Waals surface area contributed by atoms with E-state index in [2.05, 4.69) is 27.6 Å². The second-order valence-electron chi connectivity index (χ2n) is 7.30. The number of aryl methyl sites for hydroxylation is 1. The molecular formula is C22H24N6O2. The Morgan fingerprint density at radius 1 is 1.23 bits per heavy atom.